The molecule has 0 bridgehead atoms. The van der Waals surface area contributed by atoms with Crippen molar-refractivity contribution < 1.29 is 14.3 Å². The third-order valence-corrected chi connectivity index (χ3v) is 7.42. The molecule has 10 nitrogen and oxygen atoms in total. The van der Waals surface area contributed by atoms with Crippen LogP contribution in [0.2, 0.25) is 0 Å². The SMILES string of the molecule is CC(=O)N1CCN(CCn2cnc(N)c3nc(Sc4cc5c(cc4Br)OCO5)nc2-3)CC1. The van der Waals surface area contributed by atoms with Crippen LogP contribution in [0.5, 0.6) is 11.5 Å². The second-order valence-corrected chi connectivity index (χ2v) is 9.45. The summed E-state index contributed by atoms with van der Waals surface area (Å²) < 4.78 is 13.8. The van der Waals surface area contributed by atoms with Crippen LogP contribution >= 0.6 is 27.7 Å². The van der Waals surface area contributed by atoms with Crippen LogP contribution in [0.1, 0.15) is 6.92 Å². The molecular weight excluding hydrogens is 498 g/mol. The molecular formula is C20H22BrN7O3S. The van der Waals surface area contributed by atoms with Crippen LogP contribution in [0.3, 0.4) is 0 Å². The molecule has 1 amide bonds. The standard InChI is InChI=1S/C20H22BrN7O3S/c1-12(29)27-5-2-26(3-6-27)4-7-28-10-23-18(22)17-19(28)25-20(24-17)32-16-9-15-14(8-13(16)21)30-11-31-15/h8-10H,2-7,11,22H2,1H3. The summed E-state index contributed by atoms with van der Waals surface area (Å²) in [5, 5.41) is 0.586. The van der Waals surface area contributed by atoms with E-state index in [1.165, 1.54) is 11.8 Å². The predicted molar refractivity (Wildman–Crippen MR) is 122 cm³/mol. The molecule has 1 fully saturated rings. The Balaban J connectivity index is 1.32. The van der Waals surface area contributed by atoms with Crippen molar-refractivity contribution >= 4 is 39.4 Å². The molecule has 1 aromatic rings. The largest absolute Gasteiger partial charge is 0.454 e. The fraction of sp³-hybridized carbons (Fsp3) is 0.400. The zero-order chi connectivity index (χ0) is 22.2. The number of piperazine rings is 1. The van der Waals surface area contributed by atoms with Gasteiger partial charge in [-0.25, -0.2) is 15.0 Å². The fourth-order valence-electron chi connectivity index (χ4n) is 3.75. The van der Waals surface area contributed by atoms with Crippen LogP contribution in [-0.4, -0.2) is 74.7 Å². The summed E-state index contributed by atoms with van der Waals surface area (Å²) in [6.45, 7) is 6.62. The number of hydrogen-bond acceptors (Lipinski definition) is 9. The number of nitrogen functional groups attached to an aromatic ring is 1. The summed E-state index contributed by atoms with van der Waals surface area (Å²) in [6, 6.07) is 3.80. The molecule has 0 atom stereocenters. The predicted octanol–water partition coefficient (Wildman–Crippen LogP) is 2.17. The van der Waals surface area contributed by atoms with Gasteiger partial charge in [-0.05, 0) is 39.8 Å². The topological polar surface area (TPSA) is 112 Å². The molecule has 168 valence electrons. The number of anilines is 1. The maximum Gasteiger partial charge on any atom is 0.231 e. The van der Waals surface area contributed by atoms with Gasteiger partial charge < -0.3 is 24.7 Å². The normalized spacial score (nSPS) is 16.1. The highest BCUT2D eigenvalue weighted by Crippen LogP contribution is 2.43. The summed E-state index contributed by atoms with van der Waals surface area (Å²) in [6.07, 6.45) is 1.71. The molecule has 0 spiro atoms. The molecule has 4 aliphatic heterocycles. The fourth-order valence-corrected chi connectivity index (χ4v) is 5.11. The molecule has 5 rings (SSSR count). The smallest absolute Gasteiger partial charge is 0.231 e. The van der Waals surface area contributed by atoms with Crippen LogP contribution in [-0.2, 0) is 11.3 Å². The summed E-state index contributed by atoms with van der Waals surface area (Å²) in [5.41, 5.74) is 6.68. The van der Waals surface area contributed by atoms with Crippen molar-refractivity contribution in [1.82, 2.24) is 29.3 Å². The zero-order valence-electron chi connectivity index (χ0n) is 17.5. The van der Waals surface area contributed by atoms with Crippen LogP contribution in [0.15, 0.2) is 33.0 Å². The van der Waals surface area contributed by atoms with Crippen molar-refractivity contribution in [3.63, 3.8) is 0 Å². The summed E-state index contributed by atoms with van der Waals surface area (Å²) in [4.78, 5) is 30.3. The first-order chi connectivity index (χ1) is 15.5. The Kier molecular flexibility index (Phi) is 5.82. The highest BCUT2D eigenvalue weighted by Gasteiger charge is 2.23. The second-order valence-electron chi connectivity index (χ2n) is 7.59. The first-order valence-electron chi connectivity index (χ1n) is 10.2. The Bertz CT molecular complexity index is 1130. The molecule has 0 radical (unpaired) electrons. The number of fused-ring (bicyclic) bond motifs is 2. The molecule has 0 saturated carbocycles. The van der Waals surface area contributed by atoms with E-state index in [0.717, 1.165) is 42.1 Å². The number of carbonyl (C=O) groups excluding carboxylic acids is 1. The van der Waals surface area contributed by atoms with E-state index in [9.17, 15) is 4.79 Å². The molecule has 0 unspecified atom stereocenters. The van der Waals surface area contributed by atoms with Crippen molar-refractivity contribution in [3.8, 4) is 23.0 Å². The van der Waals surface area contributed by atoms with Gasteiger partial charge in [0, 0.05) is 55.6 Å². The Morgan fingerprint density at radius 3 is 2.66 bits per heavy atom. The number of halogens is 1. The van der Waals surface area contributed by atoms with Gasteiger partial charge in [0.25, 0.3) is 0 Å². The average Bonchev–Trinajstić information content (AvgIpc) is 3.41. The van der Waals surface area contributed by atoms with Gasteiger partial charge in [0.1, 0.15) is 0 Å². The lowest BCUT2D eigenvalue weighted by Gasteiger charge is -2.34. The first-order valence-corrected chi connectivity index (χ1v) is 11.8. The van der Waals surface area contributed by atoms with Gasteiger partial charge in [-0.3, -0.25) is 9.69 Å². The monoisotopic (exact) mass is 519 g/mol. The highest BCUT2D eigenvalue weighted by molar-refractivity contribution is 9.10. The van der Waals surface area contributed by atoms with Crippen molar-refractivity contribution in [3.05, 3.63) is 22.9 Å². The van der Waals surface area contributed by atoms with Gasteiger partial charge >= 0.3 is 0 Å². The number of nitrogens with zero attached hydrogens (tertiary/aromatic N) is 6. The first kappa shape index (κ1) is 21.3. The third-order valence-electron chi connectivity index (χ3n) is 5.57. The van der Waals surface area contributed by atoms with Gasteiger partial charge in [-0.15, -0.1) is 0 Å². The van der Waals surface area contributed by atoms with Crippen LogP contribution in [0, 0.1) is 0 Å². The molecule has 4 heterocycles. The minimum Gasteiger partial charge on any atom is -0.454 e. The average molecular weight is 520 g/mol. The Morgan fingerprint density at radius 2 is 1.91 bits per heavy atom. The number of amides is 1. The lowest BCUT2D eigenvalue weighted by molar-refractivity contribution is -0.130. The second kappa shape index (κ2) is 8.75. The van der Waals surface area contributed by atoms with E-state index in [0.29, 0.717) is 40.5 Å². The van der Waals surface area contributed by atoms with Crippen molar-refractivity contribution in [2.45, 2.75) is 23.5 Å². The number of aromatic nitrogens is 4. The quantitative estimate of drug-likeness (QED) is 0.541. The minimum absolute atomic E-state index is 0.134. The number of imidazole rings is 1. The van der Waals surface area contributed by atoms with Crippen molar-refractivity contribution in [1.29, 1.82) is 0 Å². The molecule has 1 aromatic carbocycles. The number of carbonyl (C=O) groups is 1. The maximum atomic E-state index is 11.5. The summed E-state index contributed by atoms with van der Waals surface area (Å²) >= 11 is 5.00. The number of nitrogens with two attached hydrogens (primary N) is 1. The summed E-state index contributed by atoms with van der Waals surface area (Å²) in [7, 11) is 0. The Morgan fingerprint density at radius 1 is 1.16 bits per heavy atom. The van der Waals surface area contributed by atoms with E-state index in [4.69, 9.17) is 20.2 Å². The molecule has 2 N–H and O–H groups in total. The van der Waals surface area contributed by atoms with Crippen LogP contribution in [0.25, 0.3) is 11.5 Å². The molecule has 4 aliphatic rings. The van der Waals surface area contributed by atoms with E-state index in [2.05, 4.69) is 30.8 Å². The number of ether oxygens (including phenoxy) is 2. The number of hydrogen-bond donors (Lipinski definition) is 1. The van der Waals surface area contributed by atoms with Crippen molar-refractivity contribution in [2.75, 3.05) is 45.3 Å². The lowest BCUT2D eigenvalue weighted by atomic mass is 10.3. The van der Waals surface area contributed by atoms with Crippen LogP contribution in [0.4, 0.5) is 5.82 Å². The lowest BCUT2D eigenvalue weighted by Crippen LogP contribution is -2.48. The van der Waals surface area contributed by atoms with E-state index >= 15 is 0 Å². The Hall–Kier alpha value is -2.57. The molecule has 32 heavy (non-hydrogen) atoms. The molecule has 0 aromatic heterocycles. The summed E-state index contributed by atoms with van der Waals surface area (Å²) in [5.74, 6) is 2.61. The van der Waals surface area contributed by atoms with E-state index in [1.54, 1.807) is 13.3 Å². The maximum absolute atomic E-state index is 11.5. The highest BCUT2D eigenvalue weighted by atomic mass is 79.9. The van der Waals surface area contributed by atoms with Gasteiger partial charge in [0.2, 0.25) is 12.7 Å². The number of rotatable bonds is 5. The van der Waals surface area contributed by atoms with Gasteiger partial charge in [-0.1, -0.05) is 0 Å². The van der Waals surface area contributed by atoms with Gasteiger partial charge in [-0.2, -0.15) is 0 Å². The molecule has 1 saturated heterocycles. The molecule has 0 aliphatic carbocycles. The van der Waals surface area contributed by atoms with Gasteiger partial charge in [0.05, 0.1) is 6.33 Å². The van der Waals surface area contributed by atoms with Crippen molar-refractivity contribution in [2.24, 2.45) is 0 Å². The zero-order valence-corrected chi connectivity index (χ0v) is 19.9. The van der Waals surface area contributed by atoms with E-state index in [-0.39, 0.29) is 12.7 Å². The van der Waals surface area contributed by atoms with E-state index in [1.807, 2.05) is 21.6 Å². The van der Waals surface area contributed by atoms with E-state index < -0.39 is 0 Å². The Labute approximate surface area is 197 Å². The minimum atomic E-state index is 0.134. The third kappa shape index (κ3) is 4.21. The van der Waals surface area contributed by atoms with Gasteiger partial charge in [0.15, 0.2) is 34.0 Å². The number of benzene rings is 1. The van der Waals surface area contributed by atoms with Crippen LogP contribution < -0.4 is 15.2 Å². The molecule has 12 heteroatoms.